The van der Waals surface area contributed by atoms with Gasteiger partial charge in [0.05, 0.1) is 0 Å². The molecule has 1 aliphatic carbocycles. The number of hydrogen-bond acceptors (Lipinski definition) is 1. The number of benzene rings is 8. The second kappa shape index (κ2) is 12.1. The zero-order valence-corrected chi connectivity index (χ0v) is 28.3. The van der Waals surface area contributed by atoms with Crippen LogP contribution in [0.25, 0.3) is 56.0 Å². The Balaban J connectivity index is 1.14. The largest absolute Gasteiger partial charge is 0.310 e. The van der Waals surface area contributed by atoms with E-state index in [1.54, 1.807) is 0 Å². The van der Waals surface area contributed by atoms with Crippen LogP contribution in [0.2, 0.25) is 0 Å². The molecule has 0 fully saturated rings. The highest BCUT2D eigenvalue weighted by Crippen LogP contribution is 2.51. The van der Waals surface area contributed by atoms with Crippen LogP contribution in [0.4, 0.5) is 17.1 Å². The minimum atomic E-state index is -0.158. The minimum Gasteiger partial charge on any atom is -0.310 e. The van der Waals surface area contributed by atoms with E-state index in [0.717, 1.165) is 11.4 Å². The average Bonchev–Trinajstić information content (AvgIpc) is 3.40. The van der Waals surface area contributed by atoms with Crippen LogP contribution in [-0.2, 0) is 5.41 Å². The maximum Gasteiger partial charge on any atom is 0.0465 e. The Morgan fingerprint density at radius 3 is 1.56 bits per heavy atom. The Morgan fingerprint density at radius 1 is 0.420 bits per heavy atom. The van der Waals surface area contributed by atoms with E-state index in [2.05, 4.69) is 207 Å². The van der Waals surface area contributed by atoms with E-state index in [4.69, 9.17) is 0 Å². The summed E-state index contributed by atoms with van der Waals surface area (Å²) in [5.74, 6) is 0. The van der Waals surface area contributed by atoms with E-state index < -0.39 is 0 Å². The Labute approximate surface area is 294 Å². The minimum absolute atomic E-state index is 0.158. The molecule has 0 bridgehead atoms. The normalized spacial score (nSPS) is 13.1. The van der Waals surface area contributed by atoms with Gasteiger partial charge in [-0.1, -0.05) is 166 Å². The van der Waals surface area contributed by atoms with Crippen LogP contribution in [0.5, 0.6) is 0 Å². The van der Waals surface area contributed by atoms with E-state index in [1.807, 2.05) is 0 Å². The molecule has 0 heterocycles. The number of fused-ring (bicyclic) bond motifs is 6. The van der Waals surface area contributed by atoms with Crippen molar-refractivity contribution in [3.63, 3.8) is 0 Å². The molecular weight excluding hydrogens is 603 g/mol. The summed E-state index contributed by atoms with van der Waals surface area (Å²) in [4.78, 5) is 2.35. The molecule has 0 saturated heterocycles. The first-order valence-corrected chi connectivity index (χ1v) is 17.4. The summed E-state index contributed by atoms with van der Waals surface area (Å²) in [5.41, 5.74) is 13.6. The van der Waals surface area contributed by atoms with E-state index in [1.165, 1.54) is 71.7 Å². The van der Waals surface area contributed by atoms with Gasteiger partial charge < -0.3 is 4.90 Å². The fraction of sp³-hybridized carbons (Fsp3) is 0.0612. The van der Waals surface area contributed by atoms with Crippen molar-refractivity contribution in [1.29, 1.82) is 0 Å². The van der Waals surface area contributed by atoms with E-state index >= 15 is 0 Å². The van der Waals surface area contributed by atoms with Crippen molar-refractivity contribution in [2.75, 3.05) is 4.90 Å². The predicted octanol–water partition coefficient (Wildman–Crippen LogP) is 13.6. The highest BCUT2D eigenvalue weighted by atomic mass is 15.1. The fourth-order valence-corrected chi connectivity index (χ4v) is 8.02. The van der Waals surface area contributed by atoms with Gasteiger partial charge in [0.2, 0.25) is 0 Å². The Morgan fingerprint density at radius 2 is 0.920 bits per heavy atom. The molecule has 0 atom stereocenters. The van der Waals surface area contributed by atoms with Crippen molar-refractivity contribution < 1.29 is 0 Å². The van der Waals surface area contributed by atoms with Crippen LogP contribution in [-0.4, -0.2) is 0 Å². The zero-order chi connectivity index (χ0) is 33.7. The molecule has 1 nitrogen and oxygen atoms in total. The molecule has 0 radical (unpaired) electrons. The topological polar surface area (TPSA) is 3.24 Å². The van der Waals surface area contributed by atoms with Crippen LogP contribution >= 0.6 is 0 Å². The summed E-state index contributed by atoms with van der Waals surface area (Å²) in [6.07, 6.45) is 4.64. The van der Waals surface area contributed by atoms with Crippen LogP contribution in [0, 0.1) is 0 Å². The Kier molecular flexibility index (Phi) is 7.21. The molecule has 0 aromatic heterocycles. The van der Waals surface area contributed by atoms with Gasteiger partial charge in [0.1, 0.15) is 0 Å². The highest BCUT2D eigenvalue weighted by molar-refractivity contribution is 6.18. The molecule has 1 heteroatoms. The smallest absolute Gasteiger partial charge is 0.0465 e. The van der Waals surface area contributed by atoms with Crippen molar-refractivity contribution in [2.24, 2.45) is 0 Å². The zero-order valence-electron chi connectivity index (χ0n) is 28.3. The van der Waals surface area contributed by atoms with Gasteiger partial charge in [-0.05, 0) is 102 Å². The number of anilines is 3. The average molecular weight is 640 g/mol. The molecule has 9 rings (SSSR count). The van der Waals surface area contributed by atoms with E-state index in [-0.39, 0.29) is 5.41 Å². The lowest BCUT2D eigenvalue weighted by atomic mass is 9.81. The van der Waals surface area contributed by atoms with Gasteiger partial charge in [-0.15, -0.1) is 0 Å². The standard InChI is InChI=1S/C49H37N/c1-49(2)46-32-34(27-30-45-41-24-13-12-22-39(41)40-23-14-15-25-44(40)48(45)35-16-6-3-7-17-35)26-29-42(46)43-31-28-38(33-47(43)49)50(36-18-8-4-9-19-36)37-20-10-5-11-21-37/h3-33H,1-2H3. The summed E-state index contributed by atoms with van der Waals surface area (Å²) in [7, 11) is 0. The first-order chi connectivity index (χ1) is 24.6. The molecule has 238 valence electrons. The lowest BCUT2D eigenvalue weighted by Gasteiger charge is -2.28. The number of para-hydroxylation sites is 2. The Hall–Kier alpha value is -6.18. The van der Waals surface area contributed by atoms with Crippen molar-refractivity contribution >= 4 is 50.8 Å². The van der Waals surface area contributed by atoms with Gasteiger partial charge in [-0.2, -0.15) is 0 Å². The summed E-state index contributed by atoms with van der Waals surface area (Å²) in [6, 6.07) is 63.8. The molecular formula is C49H37N. The molecule has 0 spiro atoms. The maximum absolute atomic E-state index is 2.41. The third-order valence-corrected chi connectivity index (χ3v) is 10.4. The number of rotatable bonds is 6. The lowest BCUT2D eigenvalue weighted by molar-refractivity contribution is 0.660. The second-order valence-corrected chi connectivity index (χ2v) is 13.7. The quantitative estimate of drug-likeness (QED) is 0.129. The van der Waals surface area contributed by atoms with Crippen molar-refractivity contribution in [3.05, 3.63) is 198 Å². The van der Waals surface area contributed by atoms with Crippen LogP contribution in [0.1, 0.15) is 36.1 Å². The van der Waals surface area contributed by atoms with Crippen LogP contribution in [0.3, 0.4) is 0 Å². The lowest BCUT2D eigenvalue weighted by Crippen LogP contribution is -2.16. The molecule has 0 unspecified atom stereocenters. The molecule has 50 heavy (non-hydrogen) atoms. The Bertz CT molecular complexity index is 2500. The maximum atomic E-state index is 2.41. The molecule has 8 aromatic carbocycles. The predicted molar refractivity (Wildman–Crippen MR) is 215 cm³/mol. The van der Waals surface area contributed by atoms with E-state index in [9.17, 15) is 0 Å². The molecule has 0 amide bonds. The van der Waals surface area contributed by atoms with E-state index in [0.29, 0.717) is 0 Å². The van der Waals surface area contributed by atoms with Crippen LogP contribution in [0.15, 0.2) is 176 Å². The highest BCUT2D eigenvalue weighted by Gasteiger charge is 2.36. The third kappa shape index (κ3) is 4.94. The summed E-state index contributed by atoms with van der Waals surface area (Å²) in [6.45, 7) is 4.74. The van der Waals surface area contributed by atoms with Gasteiger partial charge in [0.15, 0.2) is 0 Å². The van der Waals surface area contributed by atoms with Gasteiger partial charge in [-0.3, -0.25) is 0 Å². The second-order valence-electron chi connectivity index (χ2n) is 13.7. The van der Waals surface area contributed by atoms with Gasteiger partial charge in [0.25, 0.3) is 0 Å². The molecule has 0 saturated carbocycles. The van der Waals surface area contributed by atoms with Crippen molar-refractivity contribution in [2.45, 2.75) is 19.3 Å². The molecule has 0 N–H and O–H groups in total. The van der Waals surface area contributed by atoms with Gasteiger partial charge in [0, 0.05) is 22.5 Å². The fourth-order valence-electron chi connectivity index (χ4n) is 8.02. The molecule has 0 aliphatic heterocycles. The monoisotopic (exact) mass is 639 g/mol. The number of hydrogen-bond donors (Lipinski definition) is 0. The van der Waals surface area contributed by atoms with Crippen molar-refractivity contribution in [3.8, 4) is 22.3 Å². The first kappa shape index (κ1) is 29.9. The molecule has 8 aromatic rings. The summed E-state index contributed by atoms with van der Waals surface area (Å²) >= 11 is 0. The summed E-state index contributed by atoms with van der Waals surface area (Å²) < 4.78 is 0. The molecule has 1 aliphatic rings. The SMILES string of the molecule is CC1(C)c2cc(C=Cc3c(-c4ccccc4)c4ccccc4c4ccccc34)ccc2-c2ccc(N(c3ccccc3)c3ccccc3)cc21. The summed E-state index contributed by atoms with van der Waals surface area (Å²) in [5, 5.41) is 5.11. The van der Waals surface area contributed by atoms with Crippen LogP contribution < -0.4 is 4.90 Å². The van der Waals surface area contributed by atoms with Gasteiger partial charge in [-0.25, -0.2) is 0 Å². The first-order valence-electron chi connectivity index (χ1n) is 17.4. The number of nitrogens with zero attached hydrogens (tertiary/aromatic N) is 1. The third-order valence-electron chi connectivity index (χ3n) is 10.4. The van der Waals surface area contributed by atoms with Crippen molar-refractivity contribution in [1.82, 2.24) is 0 Å². The van der Waals surface area contributed by atoms with Gasteiger partial charge >= 0.3 is 0 Å².